The largest absolute Gasteiger partial charge is 0.497 e. The molecule has 0 saturated heterocycles. The van der Waals surface area contributed by atoms with Crippen LogP contribution in [0.25, 0.3) is 10.9 Å². The van der Waals surface area contributed by atoms with Crippen molar-refractivity contribution < 1.29 is 19.4 Å². The van der Waals surface area contributed by atoms with Crippen LogP contribution >= 0.6 is 0 Å². The first-order chi connectivity index (χ1) is 9.49. The van der Waals surface area contributed by atoms with E-state index in [9.17, 15) is 9.90 Å². The SMILES string of the molecule is COC(=O)C(O)c1cc2cc(OC)ccc2n1C(C)C. The minimum absolute atomic E-state index is 0.107. The molecule has 0 bridgehead atoms. The smallest absolute Gasteiger partial charge is 0.340 e. The third-order valence-corrected chi connectivity index (χ3v) is 3.30. The van der Waals surface area contributed by atoms with Gasteiger partial charge in [0.05, 0.1) is 19.9 Å². The molecular formula is C15H19NO4. The first kappa shape index (κ1) is 14.4. The van der Waals surface area contributed by atoms with Gasteiger partial charge in [-0.1, -0.05) is 0 Å². The predicted molar refractivity (Wildman–Crippen MR) is 75.9 cm³/mol. The van der Waals surface area contributed by atoms with Gasteiger partial charge in [0.15, 0.2) is 6.10 Å². The lowest BCUT2D eigenvalue weighted by Crippen LogP contribution is -2.18. The van der Waals surface area contributed by atoms with E-state index in [2.05, 4.69) is 4.74 Å². The van der Waals surface area contributed by atoms with E-state index in [1.165, 1.54) is 7.11 Å². The van der Waals surface area contributed by atoms with Crippen LogP contribution in [0.5, 0.6) is 5.75 Å². The first-order valence-corrected chi connectivity index (χ1v) is 6.44. The van der Waals surface area contributed by atoms with Crippen LogP contribution in [-0.4, -0.2) is 29.9 Å². The Bertz CT molecular complexity index is 630. The highest BCUT2D eigenvalue weighted by Gasteiger charge is 2.24. The van der Waals surface area contributed by atoms with Crippen LogP contribution in [0, 0.1) is 0 Å². The van der Waals surface area contributed by atoms with E-state index >= 15 is 0 Å². The summed E-state index contributed by atoms with van der Waals surface area (Å²) in [6.07, 6.45) is -1.29. The lowest BCUT2D eigenvalue weighted by molar-refractivity contribution is -0.151. The minimum atomic E-state index is -1.29. The first-order valence-electron chi connectivity index (χ1n) is 6.44. The molecule has 1 unspecified atom stereocenters. The van der Waals surface area contributed by atoms with Crippen LogP contribution in [-0.2, 0) is 9.53 Å². The summed E-state index contributed by atoms with van der Waals surface area (Å²) in [5.74, 6) is 0.0687. The van der Waals surface area contributed by atoms with Gasteiger partial charge in [0, 0.05) is 16.9 Å². The predicted octanol–water partition coefficient (Wildman–Crippen LogP) is 2.44. The Balaban J connectivity index is 2.64. The van der Waals surface area contributed by atoms with E-state index in [1.54, 1.807) is 13.2 Å². The number of ether oxygens (including phenoxy) is 2. The van der Waals surface area contributed by atoms with E-state index in [0.29, 0.717) is 5.69 Å². The molecule has 2 rings (SSSR count). The summed E-state index contributed by atoms with van der Waals surface area (Å²) in [7, 11) is 2.86. The van der Waals surface area contributed by atoms with E-state index in [-0.39, 0.29) is 6.04 Å². The third kappa shape index (κ3) is 2.36. The number of aromatic nitrogens is 1. The van der Waals surface area contributed by atoms with E-state index in [1.807, 2.05) is 36.6 Å². The highest BCUT2D eigenvalue weighted by atomic mass is 16.5. The summed E-state index contributed by atoms with van der Waals surface area (Å²) in [4.78, 5) is 11.6. The molecule has 0 aliphatic heterocycles. The number of carbonyl (C=O) groups excluding carboxylic acids is 1. The van der Waals surface area contributed by atoms with Gasteiger partial charge < -0.3 is 19.1 Å². The summed E-state index contributed by atoms with van der Waals surface area (Å²) in [5.41, 5.74) is 1.47. The van der Waals surface area contributed by atoms with Crippen LogP contribution < -0.4 is 4.74 Å². The van der Waals surface area contributed by atoms with Crippen molar-refractivity contribution in [1.82, 2.24) is 4.57 Å². The molecule has 0 radical (unpaired) electrons. The van der Waals surface area contributed by atoms with E-state index < -0.39 is 12.1 Å². The maximum Gasteiger partial charge on any atom is 0.340 e. The Morgan fingerprint density at radius 2 is 1.95 bits per heavy atom. The fraction of sp³-hybridized carbons (Fsp3) is 0.400. The zero-order valence-electron chi connectivity index (χ0n) is 12.1. The van der Waals surface area contributed by atoms with E-state index in [4.69, 9.17) is 4.74 Å². The van der Waals surface area contributed by atoms with Crippen molar-refractivity contribution >= 4 is 16.9 Å². The van der Waals surface area contributed by atoms with Crippen molar-refractivity contribution in [3.63, 3.8) is 0 Å². The summed E-state index contributed by atoms with van der Waals surface area (Å²) in [5, 5.41) is 11.0. The Morgan fingerprint density at radius 3 is 2.50 bits per heavy atom. The molecule has 2 aromatic rings. The third-order valence-electron chi connectivity index (χ3n) is 3.30. The summed E-state index contributed by atoms with van der Waals surface area (Å²) in [6, 6.07) is 7.55. The van der Waals surface area contributed by atoms with Gasteiger partial charge in [0.1, 0.15) is 5.75 Å². The van der Waals surface area contributed by atoms with Crippen molar-refractivity contribution in [2.75, 3.05) is 14.2 Å². The van der Waals surface area contributed by atoms with E-state index in [0.717, 1.165) is 16.7 Å². The average Bonchev–Trinajstić information content (AvgIpc) is 2.83. The zero-order chi connectivity index (χ0) is 14.9. The summed E-state index contributed by atoms with van der Waals surface area (Å²) in [6.45, 7) is 3.99. The van der Waals surface area contributed by atoms with Gasteiger partial charge in [-0.15, -0.1) is 0 Å². The number of hydrogen-bond donors (Lipinski definition) is 1. The second kappa shape index (κ2) is 5.54. The van der Waals surface area contributed by atoms with Crippen LogP contribution in [0.4, 0.5) is 0 Å². The van der Waals surface area contributed by atoms with Crippen molar-refractivity contribution in [2.45, 2.75) is 26.0 Å². The second-order valence-corrected chi connectivity index (χ2v) is 4.88. The lowest BCUT2D eigenvalue weighted by atomic mass is 10.2. The molecule has 5 heteroatoms. The maximum absolute atomic E-state index is 11.6. The Morgan fingerprint density at radius 1 is 1.25 bits per heavy atom. The number of rotatable bonds is 4. The van der Waals surface area contributed by atoms with Crippen molar-refractivity contribution in [3.8, 4) is 5.75 Å². The molecule has 1 aromatic heterocycles. The Labute approximate surface area is 117 Å². The lowest BCUT2D eigenvalue weighted by Gasteiger charge is -2.17. The van der Waals surface area contributed by atoms with Crippen LogP contribution in [0.1, 0.15) is 31.7 Å². The molecule has 20 heavy (non-hydrogen) atoms. The molecule has 108 valence electrons. The number of nitrogens with zero attached hydrogens (tertiary/aromatic N) is 1. The summed E-state index contributed by atoms with van der Waals surface area (Å²) >= 11 is 0. The number of methoxy groups -OCH3 is 2. The average molecular weight is 277 g/mol. The zero-order valence-corrected chi connectivity index (χ0v) is 12.1. The molecular weight excluding hydrogens is 258 g/mol. The monoisotopic (exact) mass is 277 g/mol. The van der Waals surface area contributed by atoms with Crippen molar-refractivity contribution in [3.05, 3.63) is 30.0 Å². The Kier molecular flexibility index (Phi) is 3.99. The molecule has 0 fully saturated rings. The number of benzene rings is 1. The highest BCUT2D eigenvalue weighted by Crippen LogP contribution is 2.31. The number of aliphatic hydroxyl groups is 1. The molecule has 0 aliphatic carbocycles. The van der Waals surface area contributed by atoms with Crippen LogP contribution in [0.2, 0.25) is 0 Å². The standard InChI is InChI=1S/C15H19NO4/c1-9(2)16-12-6-5-11(19-3)7-10(12)8-13(16)14(17)15(18)20-4/h5-9,14,17H,1-4H3. The van der Waals surface area contributed by atoms with Gasteiger partial charge in [0.25, 0.3) is 0 Å². The van der Waals surface area contributed by atoms with Gasteiger partial charge in [-0.3, -0.25) is 0 Å². The Hall–Kier alpha value is -2.01. The molecule has 1 atom stereocenters. The van der Waals surface area contributed by atoms with Gasteiger partial charge >= 0.3 is 5.97 Å². The second-order valence-electron chi connectivity index (χ2n) is 4.88. The molecule has 1 heterocycles. The topological polar surface area (TPSA) is 60.7 Å². The van der Waals surface area contributed by atoms with Crippen LogP contribution in [0.15, 0.2) is 24.3 Å². The van der Waals surface area contributed by atoms with Crippen molar-refractivity contribution in [1.29, 1.82) is 0 Å². The molecule has 0 aliphatic rings. The minimum Gasteiger partial charge on any atom is -0.497 e. The molecule has 5 nitrogen and oxygen atoms in total. The fourth-order valence-corrected chi connectivity index (χ4v) is 2.38. The number of hydrogen-bond acceptors (Lipinski definition) is 4. The highest BCUT2D eigenvalue weighted by molar-refractivity contribution is 5.86. The summed E-state index contributed by atoms with van der Waals surface area (Å²) < 4.78 is 11.7. The quantitative estimate of drug-likeness (QED) is 0.872. The molecule has 0 saturated carbocycles. The number of esters is 1. The van der Waals surface area contributed by atoms with Crippen LogP contribution in [0.3, 0.4) is 0 Å². The number of carbonyl (C=O) groups is 1. The molecule has 1 N–H and O–H groups in total. The van der Waals surface area contributed by atoms with Gasteiger partial charge in [-0.2, -0.15) is 0 Å². The number of aliphatic hydroxyl groups excluding tert-OH is 1. The maximum atomic E-state index is 11.6. The van der Waals surface area contributed by atoms with Gasteiger partial charge in [-0.05, 0) is 38.1 Å². The van der Waals surface area contributed by atoms with Crippen molar-refractivity contribution in [2.24, 2.45) is 0 Å². The van der Waals surface area contributed by atoms with Gasteiger partial charge in [0.2, 0.25) is 0 Å². The fourth-order valence-electron chi connectivity index (χ4n) is 2.38. The normalized spacial score (nSPS) is 12.7. The number of fused-ring (bicyclic) bond motifs is 1. The molecule has 0 amide bonds. The van der Waals surface area contributed by atoms with Gasteiger partial charge in [-0.25, -0.2) is 4.79 Å². The molecule has 0 spiro atoms. The molecule has 1 aromatic carbocycles.